The lowest BCUT2D eigenvalue weighted by atomic mass is 10.2. The van der Waals surface area contributed by atoms with Crippen LogP contribution >= 0.6 is 31.9 Å². The van der Waals surface area contributed by atoms with Gasteiger partial charge in [0.1, 0.15) is 0 Å². The van der Waals surface area contributed by atoms with Gasteiger partial charge in [-0.1, -0.05) is 6.07 Å². The van der Waals surface area contributed by atoms with Gasteiger partial charge in [0.25, 0.3) is 0 Å². The minimum absolute atomic E-state index is 1.06. The molecule has 0 spiro atoms. The van der Waals surface area contributed by atoms with Crippen molar-refractivity contribution in [3.63, 3.8) is 0 Å². The van der Waals surface area contributed by atoms with E-state index in [0.717, 1.165) is 26.2 Å². The third-order valence-corrected chi connectivity index (χ3v) is 3.87. The van der Waals surface area contributed by atoms with Crippen molar-refractivity contribution in [1.29, 1.82) is 0 Å². The quantitative estimate of drug-likeness (QED) is 0.849. The average Bonchev–Trinajstić information content (AvgIpc) is 2.46. The van der Waals surface area contributed by atoms with Gasteiger partial charge in [-0.2, -0.15) is 0 Å². The number of anilines is 1. The Morgan fingerprint density at radius 2 is 1.80 bits per heavy atom. The molecule has 1 fully saturated rings. The van der Waals surface area contributed by atoms with E-state index >= 15 is 0 Å². The molecule has 1 aromatic rings. The maximum Gasteiger partial charge on any atom is 0.0655 e. The summed E-state index contributed by atoms with van der Waals surface area (Å²) in [7, 11) is 0. The first-order chi connectivity index (χ1) is 7.29. The molecule has 0 aromatic heterocycles. The summed E-state index contributed by atoms with van der Waals surface area (Å²) in [6.45, 7) is 4.38. The molecule has 1 aliphatic rings. The molecule has 1 heterocycles. The summed E-state index contributed by atoms with van der Waals surface area (Å²) in [5, 5.41) is 3.41. The monoisotopic (exact) mass is 332 g/mol. The Hall–Kier alpha value is -0.0600. The smallest absolute Gasteiger partial charge is 0.0655 e. The van der Waals surface area contributed by atoms with E-state index in [1.807, 2.05) is 6.07 Å². The largest absolute Gasteiger partial charge is 0.368 e. The molecule has 0 amide bonds. The number of para-hydroxylation sites is 1. The number of rotatable bonds is 1. The molecule has 0 radical (unpaired) electrons. The second-order valence-corrected chi connectivity index (χ2v) is 5.37. The first kappa shape index (κ1) is 11.4. The van der Waals surface area contributed by atoms with Gasteiger partial charge in [-0.25, -0.2) is 0 Å². The Bertz CT molecular complexity index is 313. The minimum atomic E-state index is 1.06. The molecule has 2 nitrogen and oxygen atoms in total. The van der Waals surface area contributed by atoms with E-state index in [2.05, 4.69) is 54.2 Å². The molecule has 1 aliphatic heterocycles. The van der Waals surface area contributed by atoms with Crippen LogP contribution in [0, 0.1) is 0 Å². The lowest BCUT2D eigenvalue weighted by molar-refractivity contribution is 0.724. The van der Waals surface area contributed by atoms with Crippen molar-refractivity contribution < 1.29 is 0 Å². The van der Waals surface area contributed by atoms with Gasteiger partial charge in [0, 0.05) is 28.6 Å². The Labute approximate surface area is 107 Å². The van der Waals surface area contributed by atoms with Gasteiger partial charge in [-0.15, -0.1) is 0 Å². The van der Waals surface area contributed by atoms with E-state index in [1.165, 1.54) is 21.1 Å². The van der Waals surface area contributed by atoms with Crippen LogP contribution in [0.3, 0.4) is 0 Å². The van der Waals surface area contributed by atoms with Crippen molar-refractivity contribution in [3.05, 3.63) is 27.1 Å². The van der Waals surface area contributed by atoms with Crippen molar-refractivity contribution in [2.45, 2.75) is 6.42 Å². The number of nitrogens with zero attached hydrogens (tertiary/aromatic N) is 1. The molecule has 0 aliphatic carbocycles. The molecule has 0 bridgehead atoms. The third kappa shape index (κ3) is 2.74. The maximum atomic E-state index is 3.62. The second-order valence-electron chi connectivity index (χ2n) is 3.66. The normalized spacial score (nSPS) is 17.6. The SMILES string of the molecule is Brc1cccc(Br)c1N1CCCNCC1. The van der Waals surface area contributed by atoms with Crippen LogP contribution in [0.1, 0.15) is 6.42 Å². The van der Waals surface area contributed by atoms with Gasteiger partial charge in [0.2, 0.25) is 0 Å². The number of halogens is 2. The van der Waals surface area contributed by atoms with Crippen LogP contribution in [0.15, 0.2) is 27.1 Å². The summed E-state index contributed by atoms with van der Waals surface area (Å²) >= 11 is 7.23. The predicted octanol–water partition coefficient (Wildman–Crippen LogP) is 3.01. The van der Waals surface area contributed by atoms with Crippen LogP contribution in [0.4, 0.5) is 5.69 Å². The van der Waals surface area contributed by atoms with Crippen LogP contribution < -0.4 is 10.2 Å². The van der Waals surface area contributed by atoms with Crippen molar-refractivity contribution >= 4 is 37.5 Å². The molecule has 1 aromatic carbocycles. The van der Waals surface area contributed by atoms with E-state index in [0.29, 0.717) is 0 Å². The third-order valence-electron chi connectivity index (χ3n) is 2.59. The minimum Gasteiger partial charge on any atom is -0.368 e. The highest BCUT2D eigenvalue weighted by molar-refractivity contribution is 9.11. The standard InChI is InChI=1S/C11H14Br2N2/c12-9-3-1-4-10(13)11(9)15-7-2-5-14-6-8-15/h1,3-4,14H,2,5-8H2. The molecule has 0 atom stereocenters. The van der Waals surface area contributed by atoms with Crippen LogP contribution in [0.2, 0.25) is 0 Å². The first-order valence-corrected chi connectivity index (χ1v) is 6.77. The Kier molecular flexibility index (Phi) is 4.05. The van der Waals surface area contributed by atoms with Gasteiger partial charge in [0.15, 0.2) is 0 Å². The fourth-order valence-electron chi connectivity index (χ4n) is 1.86. The molecule has 0 saturated carbocycles. The molecule has 1 saturated heterocycles. The second kappa shape index (κ2) is 5.32. The Morgan fingerprint density at radius 3 is 2.53 bits per heavy atom. The highest BCUT2D eigenvalue weighted by Gasteiger charge is 2.14. The van der Waals surface area contributed by atoms with Gasteiger partial charge in [-0.05, 0) is 57.0 Å². The van der Waals surface area contributed by atoms with Gasteiger partial charge >= 0.3 is 0 Å². The number of hydrogen-bond donors (Lipinski definition) is 1. The van der Waals surface area contributed by atoms with E-state index in [9.17, 15) is 0 Å². The van der Waals surface area contributed by atoms with Crippen molar-refractivity contribution in [3.8, 4) is 0 Å². The van der Waals surface area contributed by atoms with E-state index in [-0.39, 0.29) is 0 Å². The van der Waals surface area contributed by atoms with Crippen LogP contribution in [-0.2, 0) is 0 Å². The number of benzene rings is 1. The number of nitrogens with one attached hydrogen (secondary N) is 1. The molecule has 15 heavy (non-hydrogen) atoms. The fraction of sp³-hybridized carbons (Fsp3) is 0.455. The fourth-order valence-corrected chi connectivity index (χ4v) is 3.36. The predicted molar refractivity (Wildman–Crippen MR) is 71.5 cm³/mol. The first-order valence-electron chi connectivity index (χ1n) is 5.19. The Morgan fingerprint density at radius 1 is 1.07 bits per heavy atom. The van der Waals surface area contributed by atoms with Crippen molar-refractivity contribution in [2.75, 3.05) is 31.1 Å². The summed E-state index contributed by atoms with van der Waals surface area (Å²) < 4.78 is 2.33. The van der Waals surface area contributed by atoms with Crippen molar-refractivity contribution in [2.24, 2.45) is 0 Å². The van der Waals surface area contributed by atoms with Crippen LogP contribution in [0.25, 0.3) is 0 Å². The zero-order chi connectivity index (χ0) is 10.7. The van der Waals surface area contributed by atoms with Crippen LogP contribution in [0.5, 0.6) is 0 Å². The molecule has 82 valence electrons. The van der Waals surface area contributed by atoms with E-state index in [1.54, 1.807) is 0 Å². The van der Waals surface area contributed by atoms with E-state index in [4.69, 9.17) is 0 Å². The topological polar surface area (TPSA) is 15.3 Å². The molecular weight excluding hydrogens is 320 g/mol. The highest BCUT2D eigenvalue weighted by Crippen LogP contribution is 2.34. The zero-order valence-corrected chi connectivity index (χ0v) is 11.6. The van der Waals surface area contributed by atoms with Gasteiger partial charge in [0.05, 0.1) is 5.69 Å². The van der Waals surface area contributed by atoms with Gasteiger partial charge in [-0.3, -0.25) is 0 Å². The lowest BCUT2D eigenvalue weighted by Gasteiger charge is -2.24. The molecule has 0 unspecified atom stereocenters. The molecule has 4 heteroatoms. The molecule has 1 N–H and O–H groups in total. The summed E-state index contributed by atoms with van der Waals surface area (Å²) in [6.07, 6.45) is 1.20. The molecular formula is C11H14Br2N2. The summed E-state index contributed by atoms with van der Waals surface area (Å²) in [5.41, 5.74) is 1.28. The lowest BCUT2D eigenvalue weighted by Crippen LogP contribution is -2.28. The summed E-state index contributed by atoms with van der Waals surface area (Å²) in [5.74, 6) is 0. The van der Waals surface area contributed by atoms with Crippen LogP contribution in [-0.4, -0.2) is 26.2 Å². The van der Waals surface area contributed by atoms with Crippen molar-refractivity contribution in [1.82, 2.24) is 5.32 Å². The summed E-state index contributed by atoms with van der Waals surface area (Å²) in [6, 6.07) is 6.24. The van der Waals surface area contributed by atoms with E-state index < -0.39 is 0 Å². The highest BCUT2D eigenvalue weighted by atomic mass is 79.9. The zero-order valence-electron chi connectivity index (χ0n) is 8.47. The average molecular weight is 334 g/mol. The Balaban J connectivity index is 2.26. The maximum absolute atomic E-state index is 3.62. The van der Waals surface area contributed by atoms with Gasteiger partial charge < -0.3 is 10.2 Å². The number of hydrogen-bond acceptors (Lipinski definition) is 2. The molecule has 2 rings (SSSR count). The summed E-state index contributed by atoms with van der Waals surface area (Å²) in [4.78, 5) is 2.42.